The van der Waals surface area contributed by atoms with E-state index in [4.69, 9.17) is 0 Å². The second-order valence-corrected chi connectivity index (χ2v) is 3.06. The smallest absolute Gasteiger partial charge is 0.299 e. The minimum Gasteiger partial charge on any atom is -0.299 e. The number of alkyl halides is 3. The van der Waals surface area contributed by atoms with Crippen molar-refractivity contribution in [3.8, 4) is 0 Å². The number of rotatable bonds is 2. The van der Waals surface area contributed by atoms with Crippen LogP contribution in [0.4, 0.5) is 13.2 Å². The van der Waals surface area contributed by atoms with Crippen LogP contribution in [0.3, 0.4) is 0 Å². The van der Waals surface area contributed by atoms with E-state index in [1.54, 1.807) is 6.92 Å². The van der Waals surface area contributed by atoms with Crippen LogP contribution in [0.25, 0.3) is 5.57 Å². The SMILES string of the molecule is CC(=CC=O)c1ccc(C(F)(F)F)cc1. The van der Waals surface area contributed by atoms with E-state index in [1.165, 1.54) is 18.2 Å². The molecule has 1 aromatic rings. The first-order valence-corrected chi connectivity index (χ1v) is 4.25. The van der Waals surface area contributed by atoms with Gasteiger partial charge in [0, 0.05) is 0 Å². The van der Waals surface area contributed by atoms with Gasteiger partial charge in [0.25, 0.3) is 0 Å². The molecule has 0 aliphatic carbocycles. The van der Waals surface area contributed by atoms with Crippen molar-refractivity contribution >= 4 is 11.9 Å². The molecular formula is C11H9F3O. The Balaban J connectivity index is 3.00. The Morgan fingerprint density at radius 1 is 1.20 bits per heavy atom. The molecule has 0 saturated heterocycles. The zero-order chi connectivity index (χ0) is 11.5. The van der Waals surface area contributed by atoms with E-state index >= 15 is 0 Å². The lowest BCUT2D eigenvalue weighted by atomic mass is 10.1. The predicted octanol–water partition coefficient (Wildman–Crippen LogP) is 3.31. The molecular weight excluding hydrogens is 205 g/mol. The van der Waals surface area contributed by atoms with Crippen LogP contribution in [0.5, 0.6) is 0 Å². The van der Waals surface area contributed by atoms with Gasteiger partial charge >= 0.3 is 6.18 Å². The normalized spacial score (nSPS) is 12.7. The summed E-state index contributed by atoms with van der Waals surface area (Å²) >= 11 is 0. The molecule has 1 aromatic carbocycles. The molecule has 0 unspecified atom stereocenters. The Morgan fingerprint density at radius 2 is 1.73 bits per heavy atom. The summed E-state index contributed by atoms with van der Waals surface area (Å²) in [5, 5.41) is 0. The van der Waals surface area contributed by atoms with Crippen molar-refractivity contribution in [1.29, 1.82) is 0 Å². The van der Waals surface area contributed by atoms with Crippen LogP contribution in [-0.2, 0) is 11.0 Å². The molecule has 0 amide bonds. The fourth-order valence-electron chi connectivity index (χ4n) is 1.12. The molecule has 80 valence electrons. The molecule has 0 aromatic heterocycles. The van der Waals surface area contributed by atoms with Crippen molar-refractivity contribution < 1.29 is 18.0 Å². The van der Waals surface area contributed by atoms with Crippen LogP contribution in [0.2, 0.25) is 0 Å². The second kappa shape index (κ2) is 4.29. The highest BCUT2D eigenvalue weighted by atomic mass is 19.4. The Hall–Kier alpha value is -1.58. The lowest BCUT2D eigenvalue weighted by molar-refractivity contribution is -0.137. The lowest BCUT2D eigenvalue weighted by Crippen LogP contribution is -2.04. The molecule has 0 radical (unpaired) electrons. The number of benzene rings is 1. The van der Waals surface area contributed by atoms with Gasteiger partial charge in [0.15, 0.2) is 0 Å². The highest BCUT2D eigenvalue weighted by molar-refractivity contribution is 5.80. The van der Waals surface area contributed by atoms with Crippen molar-refractivity contribution in [2.75, 3.05) is 0 Å². The summed E-state index contributed by atoms with van der Waals surface area (Å²) in [6, 6.07) is 4.69. The van der Waals surface area contributed by atoms with Gasteiger partial charge in [-0.25, -0.2) is 0 Å². The zero-order valence-corrected chi connectivity index (χ0v) is 8.01. The summed E-state index contributed by atoms with van der Waals surface area (Å²) in [4.78, 5) is 10.2. The molecule has 0 saturated carbocycles. The maximum atomic E-state index is 12.2. The van der Waals surface area contributed by atoms with Gasteiger partial charge < -0.3 is 0 Å². The third-order valence-corrected chi connectivity index (χ3v) is 1.99. The summed E-state index contributed by atoms with van der Waals surface area (Å²) in [6.45, 7) is 1.66. The monoisotopic (exact) mass is 214 g/mol. The van der Waals surface area contributed by atoms with E-state index in [-0.39, 0.29) is 0 Å². The summed E-state index contributed by atoms with van der Waals surface area (Å²) < 4.78 is 36.6. The molecule has 1 nitrogen and oxygen atoms in total. The largest absolute Gasteiger partial charge is 0.416 e. The quantitative estimate of drug-likeness (QED) is 0.545. The molecule has 0 atom stereocenters. The Kier molecular flexibility index (Phi) is 3.29. The number of hydrogen-bond donors (Lipinski definition) is 0. The highest BCUT2D eigenvalue weighted by Crippen LogP contribution is 2.29. The van der Waals surface area contributed by atoms with E-state index in [2.05, 4.69) is 0 Å². The zero-order valence-electron chi connectivity index (χ0n) is 8.01. The second-order valence-electron chi connectivity index (χ2n) is 3.06. The van der Waals surface area contributed by atoms with E-state index in [1.807, 2.05) is 0 Å². The van der Waals surface area contributed by atoms with Gasteiger partial charge in [-0.3, -0.25) is 4.79 Å². The fourth-order valence-corrected chi connectivity index (χ4v) is 1.12. The van der Waals surface area contributed by atoms with Crippen LogP contribution >= 0.6 is 0 Å². The minimum absolute atomic E-state index is 0.604. The van der Waals surface area contributed by atoms with Gasteiger partial charge in [0.05, 0.1) is 5.56 Å². The van der Waals surface area contributed by atoms with Crippen LogP contribution < -0.4 is 0 Å². The number of allylic oxidation sites excluding steroid dienone is 2. The van der Waals surface area contributed by atoms with E-state index < -0.39 is 11.7 Å². The van der Waals surface area contributed by atoms with Gasteiger partial charge in [-0.15, -0.1) is 0 Å². The van der Waals surface area contributed by atoms with E-state index in [0.29, 0.717) is 17.4 Å². The first kappa shape index (κ1) is 11.5. The molecule has 0 fully saturated rings. The summed E-state index contributed by atoms with van der Waals surface area (Å²) in [6.07, 6.45) is -2.41. The van der Waals surface area contributed by atoms with Gasteiger partial charge in [0.1, 0.15) is 6.29 Å². The van der Waals surface area contributed by atoms with Gasteiger partial charge in [0.2, 0.25) is 0 Å². The third-order valence-electron chi connectivity index (χ3n) is 1.99. The summed E-state index contributed by atoms with van der Waals surface area (Å²) in [5.41, 5.74) is 0.555. The maximum absolute atomic E-state index is 12.2. The molecule has 0 heterocycles. The highest BCUT2D eigenvalue weighted by Gasteiger charge is 2.29. The average molecular weight is 214 g/mol. The van der Waals surface area contributed by atoms with E-state index in [0.717, 1.165) is 12.1 Å². The first-order chi connectivity index (χ1) is 6.95. The van der Waals surface area contributed by atoms with Gasteiger partial charge in [-0.05, 0) is 36.3 Å². The van der Waals surface area contributed by atoms with Gasteiger partial charge in [-0.1, -0.05) is 12.1 Å². The number of aldehydes is 1. The predicted molar refractivity (Wildman–Crippen MR) is 51.2 cm³/mol. The average Bonchev–Trinajstić information content (AvgIpc) is 2.17. The molecule has 0 aliphatic heterocycles. The van der Waals surface area contributed by atoms with Gasteiger partial charge in [-0.2, -0.15) is 13.2 Å². The van der Waals surface area contributed by atoms with Crippen molar-refractivity contribution in [2.24, 2.45) is 0 Å². The Morgan fingerprint density at radius 3 is 2.13 bits per heavy atom. The molecule has 15 heavy (non-hydrogen) atoms. The number of carbonyl (C=O) groups excluding carboxylic acids is 1. The van der Waals surface area contributed by atoms with Crippen molar-refractivity contribution in [1.82, 2.24) is 0 Å². The molecule has 4 heteroatoms. The summed E-state index contributed by atoms with van der Waals surface area (Å²) in [7, 11) is 0. The van der Waals surface area contributed by atoms with Crippen LogP contribution in [-0.4, -0.2) is 6.29 Å². The topological polar surface area (TPSA) is 17.1 Å². The number of hydrogen-bond acceptors (Lipinski definition) is 1. The number of carbonyl (C=O) groups is 1. The summed E-state index contributed by atoms with van der Waals surface area (Å²) in [5.74, 6) is 0. The van der Waals surface area contributed by atoms with Crippen molar-refractivity contribution in [3.05, 3.63) is 41.5 Å². The van der Waals surface area contributed by atoms with Crippen LogP contribution in [0.1, 0.15) is 18.1 Å². The standard InChI is InChI=1S/C11H9F3O/c1-8(6-7-15)9-2-4-10(5-3-9)11(12,13)14/h2-7H,1H3. The Labute approximate surface area is 85.2 Å². The van der Waals surface area contributed by atoms with Crippen molar-refractivity contribution in [3.63, 3.8) is 0 Å². The Bertz CT molecular complexity index is 374. The van der Waals surface area contributed by atoms with E-state index in [9.17, 15) is 18.0 Å². The van der Waals surface area contributed by atoms with Crippen LogP contribution in [0.15, 0.2) is 30.3 Å². The lowest BCUT2D eigenvalue weighted by Gasteiger charge is -2.07. The fraction of sp³-hybridized carbons (Fsp3) is 0.182. The maximum Gasteiger partial charge on any atom is 0.416 e. The van der Waals surface area contributed by atoms with Crippen LogP contribution in [0, 0.1) is 0 Å². The molecule has 0 bridgehead atoms. The van der Waals surface area contributed by atoms with Crippen molar-refractivity contribution in [2.45, 2.75) is 13.1 Å². The molecule has 0 aliphatic rings. The first-order valence-electron chi connectivity index (χ1n) is 4.25. The molecule has 0 spiro atoms. The minimum atomic E-state index is -4.32. The molecule has 1 rings (SSSR count). The molecule has 0 N–H and O–H groups in total. The number of halogens is 3. The third kappa shape index (κ3) is 2.94.